The zero-order chi connectivity index (χ0) is 69.5. The monoisotopic (exact) mass is 1310 g/mol. The van der Waals surface area contributed by atoms with Gasteiger partial charge < -0.3 is 52.9 Å². The average Bonchev–Trinajstić information content (AvgIpc) is 1.39. The molecule has 2 heterocycles. The molecule has 2 amide bonds. The first-order chi connectivity index (χ1) is 42.3. The number of esters is 6. The van der Waals surface area contributed by atoms with Gasteiger partial charge in [0, 0.05) is 80.1 Å². The van der Waals surface area contributed by atoms with Gasteiger partial charge in [0.2, 0.25) is 22.7 Å². The van der Waals surface area contributed by atoms with Crippen LogP contribution in [0.25, 0.3) is 0 Å². The summed E-state index contributed by atoms with van der Waals surface area (Å²) in [6.07, 6.45) is 6.68. The molecule has 0 aliphatic rings. The fourth-order valence-electron chi connectivity index (χ4n) is 9.75. The summed E-state index contributed by atoms with van der Waals surface area (Å²) in [5.41, 5.74) is -7.08. The highest BCUT2D eigenvalue weighted by Gasteiger charge is 2.38. The van der Waals surface area contributed by atoms with Gasteiger partial charge in [-0.2, -0.15) is 0 Å². The van der Waals surface area contributed by atoms with Crippen LogP contribution in [0.15, 0.2) is 49.1 Å². The number of carbonyl (C=O) groups is 8. The number of amides is 2. The Morgan fingerprint density at radius 3 is 1.01 bits per heavy atom. The van der Waals surface area contributed by atoms with Gasteiger partial charge in [-0.1, -0.05) is 0 Å². The second-order valence-electron chi connectivity index (χ2n) is 29.3. The van der Waals surface area contributed by atoms with Gasteiger partial charge >= 0.3 is 35.8 Å². The Morgan fingerprint density at radius 2 is 0.739 bits per heavy atom. The number of carbonyl (C=O) groups excluding carboxylic acids is 8. The van der Waals surface area contributed by atoms with E-state index < -0.39 is 103 Å². The average molecular weight is 1320 g/mol. The topological polar surface area (TPSA) is 310 Å². The third-order valence-corrected chi connectivity index (χ3v) is 13.8. The number of ether oxygens (including phenoxy) is 7. The lowest BCUT2D eigenvalue weighted by molar-refractivity contribution is -0.158. The van der Waals surface area contributed by atoms with Crippen molar-refractivity contribution in [2.45, 2.75) is 285 Å². The number of rotatable bonds is 36. The molecule has 2 aromatic heterocycles. The van der Waals surface area contributed by atoms with Crippen LogP contribution in [0.1, 0.15) is 226 Å². The highest BCUT2D eigenvalue weighted by atomic mass is 32.2. The van der Waals surface area contributed by atoms with Gasteiger partial charge in [-0.05, 0) is 207 Å². The second kappa shape index (κ2) is 34.7. The Kier molecular flexibility index (Phi) is 29.9. The number of nitrogens with one attached hydrogen (secondary N) is 3. The van der Waals surface area contributed by atoms with E-state index in [1.807, 2.05) is 4.90 Å². The van der Waals surface area contributed by atoms with Gasteiger partial charge in [0.05, 0.1) is 19.7 Å². The zero-order valence-electron chi connectivity index (χ0n) is 57.9. The van der Waals surface area contributed by atoms with Crippen LogP contribution in [0.3, 0.4) is 0 Å². The molecule has 0 saturated heterocycles. The van der Waals surface area contributed by atoms with E-state index in [1.165, 1.54) is 0 Å². The lowest BCUT2D eigenvalue weighted by Crippen LogP contribution is -2.51. The van der Waals surface area contributed by atoms with E-state index in [0.717, 1.165) is 0 Å². The van der Waals surface area contributed by atoms with Crippen molar-refractivity contribution in [2.24, 2.45) is 0 Å². The first kappa shape index (κ1) is 79.1. The van der Waals surface area contributed by atoms with Gasteiger partial charge in [-0.25, -0.2) is 18.4 Å². The van der Waals surface area contributed by atoms with E-state index in [0.29, 0.717) is 49.1 Å². The number of hydrogen-bond donors (Lipinski definition) is 4. The Hall–Kier alpha value is -7.09. The Labute approximate surface area is 546 Å². The molecule has 0 radical (unpaired) electrons. The van der Waals surface area contributed by atoms with E-state index in [2.05, 4.69) is 25.3 Å². The zero-order valence-corrected chi connectivity index (χ0v) is 58.8. The molecule has 25 nitrogen and oxygen atoms in total. The van der Waals surface area contributed by atoms with Crippen molar-refractivity contribution in [1.29, 1.82) is 0 Å². The Morgan fingerprint density at radius 1 is 0.446 bits per heavy atom. The normalized spacial score (nSPS) is 12.7. The largest absolute Gasteiger partial charge is 0.494 e. The molecule has 0 saturated carbocycles. The maximum atomic E-state index is 14.6. The summed E-state index contributed by atoms with van der Waals surface area (Å²) in [6.45, 7) is 31.8. The minimum Gasteiger partial charge on any atom is -0.494 e. The van der Waals surface area contributed by atoms with Crippen molar-refractivity contribution in [2.75, 3.05) is 17.9 Å². The van der Waals surface area contributed by atoms with E-state index in [-0.39, 0.29) is 103 Å². The first-order valence-corrected chi connectivity index (χ1v) is 32.7. The fraction of sp³-hybridized carbons (Fsp3) is 0.697. The lowest BCUT2D eigenvalue weighted by Gasteiger charge is -2.36. The SMILES string of the molecule is CC(C)(C)OC(=O)CCC(CCC(=O)OC(C)(C)C)(CCC(=O)OC(C)(C)C)NC(=O)Cn1ccnc1CN(CCCCOc1ccc(N[SH](=O)=O)cc1)Cc1nccn1CC(=O)NC(CCC(=O)OC(C)(C)C)(CCC(=O)OC(C)(C)C)CCC(=O)OC(C)(C)C. The minimum absolute atomic E-state index is 0.00980. The number of unbranched alkanes of at least 4 members (excludes halogenated alkanes) is 1. The third-order valence-electron chi connectivity index (χ3n) is 13.3. The molecule has 0 spiro atoms. The Bertz CT molecular complexity index is 2660. The number of hydrogen-bond acceptors (Lipinski definition) is 20. The molecule has 3 N–H and O–H groups in total. The molecule has 0 atom stereocenters. The number of thiol groups is 1. The second-order valence-corrected chi connectivity index (χ2v) is 30.0. The van der Waals surface area contributed by atoms with Crippen LogP contribution in [-0.4, -0.2) is 138 Å². The lowest BCUT2D eigenvalue weighted by atomic mass is 9.83. The van der Waals surface area contributed by atoms with Gasteiger partial charge in [0.1, 0.15) is 64.1 Å². The molecule has 3 rings (SSSR count). The molecular formula is C66H106N8O17S. The summed E-state index contributed by atoms with van der Waals surface area (Å²) in [5.74, 6) is -2.75. The molecule has 0 aliphatic heterocycles. The van der Waals surface area contributed by atoms with E-state index >= 15 is 0 Å². The molecule has 26 heteroatoms. The van der Waals surface area contributed by atoms with Crippen LogP contribution < -0.4 is 20.1 Å². The predicted molar refractivity (Wildman–Crippen MR) is 346 cm³/mol. The van der Waals surface area contributed by atoms with Gasteiger partial charge in [-0.3, -0.25) is 48.0 Å². The highest BCUT2D eigenvalue weighted by molar-refractivity contribution is 7.73. The van der Waals surface area contributed by atoms with Crippen LogP contribution in [0.5, 0.6) is 5.75 Å². The third kappa shape index (κ3) is 34.5. The summed E-state index contributed by atoms with van der Waals surface area (Å²) in [7, 11) is -2.84. The number of benzene rings is 1. The van der Waals surface area contributed by atoms with Crippen molar-refractivity contribution < 1.29 is 79.9 Å². The van der Waals surface area contributed by atoms with Crippen LogP contribution in [0.2, 0.25) is 0 Å². The maximum Gasteiger partial charge on any atom is 0.306 e. The fourth-order valence-corrected chi connectivity index (χ4v) is 10.1. The van der Waals surface area contributed by atoms with Gasteiger partial charge in [0.25, 0.3) is 0 Å². The van der Waals surface area contributed by atoms with Crippen LogP contribution in [-0.2, 0) is 104 Å². The molecule has 0 bridgehead atoms. The Balaban J connectivity index is 2.06. The smallest absolute Gasteiger partial charge is 0.306 e. The van der Waals surface area contributed by atoms with E-state index in [4.69, 9.17) is 33.2 Å². The number of anilines is 1. The molecule has 518 valence electrons. The van der Waals surface area contributed by atoms with Gasteiger partial charge in [-0.15, -0.1) is 0 Å². The standard InChI is InChI=1S/C66H106N8O17S/c1-59(2,3)86-53(77)25-31-65(32-26-54(78)87-60(4,5)6,33-27-55(79)88-61(7,8)9)69-51(75)45-73-40-37-67-49(73)43-72(39-19-20-42-85-48-23-21-47(22-24-48)71-92(83)84)44-50-68-38-41-74(50)46-52(76)70-66(34-28-56(80)89-62(10,11)12,35-29-57(81)90-63(13,14)15)36-30-58(82)91-64(16,17)18/h21-24,37-38,40-41,92H,19-20,25-36,39,42-46H2,1-18H3,(H,69,75)(H,70,76)(H,71,83,84). The molecule has 92 heavy (non-hydrogen) atoms. The van der Waals surface area contributed by atoms with Crippen LogP contribution in [0.4, 0.5) is 5.69 Å². The van der Waals surface area contributed by atoms with Crippen LogP contribution in [0, 0.1) is 0 Å². The summed E-state index contributed by atoms with van der Waals surface area (Å²) >= 11 is 0. The summed E-state index contributed by atoms with van der Waals surface area (Å²) in [4.78, 5) is 121. The van der Waals surface area contributed by atoms with Crippen molar-refractivity contribution in [1.82, 2.24) is 34.6 Å². The number of nitrogens with zero attached hydrogens (tertiary/aromatic N) is 5. The molecular weight excluding hydrogens is 1210 g/mol. The summed E-state index contributed by atoms with van der Waals surface area (Å²) in [6, 6.07) is 6.48. The van der Waals surface area contributed by atoms with Crippen molar-refractivity contribution in [3.05, 3.63) is 60.7 Å². The minimum atomic E-state index is -2.84. The van der Waals surface area contributed by atoms with Crippen LogP contribution >= 0.6 is 0 Å². The van der Waals surface area contributed by atoms with Gasteiger partial charge in [0.15, 0.2) is 0 Å². The molecule has 3 aromatic rings. The van der Waals surface area contributed by atoms with E-state index in [1.54, 1.807) is 183 Å². The number of imidazole rings is 2. The quantitative estimate of drug-likeness (QED) is 0.0182. The van der Waals surface area contributed by atoms with Crippen molar-refractivity contribution in [3.8, 4) is 5.75 Å². The van der Waals surface area contributed by atoms with E-state index in [9.17, 15) is 46.8 Å². The highest BCUT2D eigenvalue weighted by Crippen LogP contribution is 2.31. The molecule has 0 aliphatic carbocycles. The maximum absolute atomic E-state index is 14.6. The molecule has 0 unspecified atom stereocenters. The molecule has 1 aromatic carbocycles. The number of aromatic nitrogens is 4. The predicted octanol–water partition coefficient (Wildman–Crippen LogP) is 9.32. The van der Waals surface area contributed by atoms with Crippen molar-refractivity contribution in [3.63, 3.8) is 0 Å². The first-order valence-electron chi connectivity index (χ1n) is 31.6. The molecule has 0 fully saturated rings. The van der Waals surface area contributed by atoms with Crippen molar-refractivity contribution >= 4 is 64.2 Å². The summed E-state index contributed by atoms with van der Waals surface area (Å²) < 4.78 is 68.0. The summed E-state index contributed by atoms with van der Waals surface area (Å²) in [5, 5.41) is 6.27.